The number of thioether (sulfide) groups is 2. The predicted octanol–water partition coefficient (Wildman–Crippen LogP) is 6.14. The maximum atomic E-state index is 12.7. The van der Waals surface area contributed by atoms with Crippen molar-refractivity contribution in [1.82, 2.24) is 9.97 Å². The van der Waals surface area contributed by atoms with Gasteiger partial charge in [-0.15, -0.1) is 0 Å². The zero-order valence-corrected chi connectivity index (χ0v) is 22.5. The van der Waals surface area contributed by atoms with E-state index in [0.717, 1.165) is 23.5 Å². The van der Waals surface area contributed by atoms with Gasteiger partial charge in [0.15, 0.2) is 0 Å². The molecule has 0 saturated carbocycles. The molecule has 0 aliphatic heterocycles. The van der Waals surface area contributed by atoms with Crippen LogP contribution in [-0.2, 0) is 9.59 Å². The number of nitrogens with one attached hydrogen (secondary N) is 2. The molecule has 0 spiro atoms. The Labute approximate surface area is 236 Å². The van der Waals surface area contributed by atoms with Gasteiger partial charge in [-0.05, 0) is 48.5 Å². The molecule has 2 amide bonds. The molecule has 4 aromatic rings. The Morgan fingerprint density at radius 2 is 1.16 bits per heavy atom. The first kappa shape index (κ1) is 27.2. The fraction of sp³-hybridized carbons (Fsp3) is 0.0769. The maximum absolute atomic E-state index is 12.7. The number of fused-ring (bicyclic) bond motifs is 1. The summed E-state index contributed by atoms with van der Waals surface area (Å²) >= 11 is 14.3. The van der Waals surface area contributed by atoms with E-state index in [1.165, 1.54) is 24.3 Å². The minimum absolute atomic E-state index is 0.0157. The summed E-state index contributed by atoms with van der Waals surface area (Å²) in [6, 6.07) is 20.5. The van der Waals surface area contributed by atoms with E-state index >= 15 is 0 Å². The quantitative estimate of drug-likeness (QED) is 0.238. The van der Waals surface area contributed by atoms with Crippen LogP contribution in [0.4, 0.5) is 11.4 Å². The van der Waals surface area contributed by atoms with Gasteiger partial charge in [-0.3, -0.25) is 9.59 Å². The summed E-state index contributed by atoms with van der Waals surface area (Å²) in [4.78, 5) is 34.6. The second-order valence-electron chi connectivity index (χ2n) is 7.60. The van der Waals surface area contributed by atoms with E-state index < -0.39 is 0 Å². The SMILES string of the molecule is N#Cc1ccc(Cl)cc1NC(=O)CSc1nc2ccccc2nc1SCC(=O)Nc1cc(Cl)ccc1C#N. The number of aromatic nitrogens is 2. The van der Waals surface area contributed by atoms with Crippen LogP contribution in [0.1, 0.15) is 11.1 Å². The summed E-state index contributed by atoms with van der Waals surface area (Å²) < 4.78 is 0. The van der Waals surface area contributed by atoms with Gasteiger partial charge in [0.05, 0.1) is 45.0 Å². The van der Waals surface area contributed by atoms with Crippen molar-refractivity contribution in [3.8, 4) is 12.1 Å². The van der Waals surface area contributed by atoms with Gasteiger partial charge in [-0.2, -0.15) is 10.5 Å². The number of nitriles is 2. The van der Waals surface area contributed by atoms with Crippen LogP contribution < -0.4 is 10.6 Å². The second kappa shape index (κ2) is 12.6. The van der Waals surface area contributed by atoms with Crippen LogP contribution in [0, 0.1) is 22.7 Å². The van der Waals surface area contributed by atoms with Crippen molar-refractivity contribution in [3.63, 3.8) is 0 Å². The first-order chi connectivity index (χ1) is 18.4. The van der Waals surface area contributed by atoms with Crippen LogP contribution >= 0.6 is 46.7 Å². The molecule has 0 saturated heterocycles. The van der Waals surface area contributed by atoms with Gasteiger partial charge >= 0.3 is 0 Å². The second-order valence-corrected chi connectivity index (χ2v) is 10.4. The van der Waals surface area contributed by atoms with Crippen molar-refractivity contribution in [2.75, 3.05) is 22.1 Å². The number of para-hydroxylation sites is 2. The molecule has 4 rings (SSSR count). The Morgan fingerprint density at radius 3 is 1.55 bits per heavy atom. The third-order valence-electron chi connectivity index (χ3n) is 4.94. The minimum Gasteiger partial charge on any atom is -0.324 e. The van der Waals surface area contributed by atoms with E-state index in [9.17, 15) is 20.1 Å². The zero-order valence-electron chi connectivity index (χ0n) is 19.4. The van der Waals surface area contributed by atoms with Gasteiger partial charge in [-0.25, -0.2) is 9.97 Å². The number of anilines is 2. The lowest BCUT2D eigenvalue weighted by molar-refractivity contribution is -0.114. The predicted molar refractivity (Wildman–Crippen MR) is 151 cm³/mol. The Balaban J connectivity index is 1.48. The van der Waals surface area contributed by atoms with Crippen molar-refractivity contribution in [3.05, 3.63) is 81.8 Å². The first-order valence-corrected chi connectivity index (χ1v) is 13.6. The Bertz CT molecular complexity index is 1510. The number of halogens is 2. The van der Waals surface area contributed by atoms with Gasteiger partial charge in [0.1, 0.15) is 22.2 Å². The van der Waals surface area contributed by atoms with Crippen LogP contribution in [0.15, 0.2) is 70.7 Å². The zero-order chi connectivity index (χ0) is 27.1. The van der Waals surface area contributed by atoms with Gasteiger partial charge in [0.2, 0.25) is 11.8 Å². The molecule has 188 valence electrons. The van der Waals surface area contributed by atoms with Crippen LogP contribution in [0.2, 0.25) is 10.0 Å². The van der Waals surface area contributed by atoms with Gasteiger partial charge in [0.25, 0.3) is 0 Å². The fourth-order valence-corrected chi connectivity index (χ4v) is 5.27. The molecular formula is C26H16Cl2N6O2S2. The molecule has 1 heterocycles. The number of carbonyl (C=O) groups excluding carboxylic acids is 2. The topological polar surface area (TPSA) is 132 Å². The molecule has 0 atom stereocenters. The molecule has 3 aromatic carbocycles. The highest BCUT2D eigenvalue weighted by molar-refractivity contribution is 8.02. The number of hydrogen-bond donors (Lipinski definition) is 2. The molecule has 8 nitrogen and oxygen atoms in total. The molecule has 0 aliphatic carbocycles. The summed E-state index contributed by atoms with van der Waals surface area (Å²) in [7, 11) is 0. The van der Waals surface area contributed by atoms with Crippen LogP contribution in [-0.4, -0.2) is 33.3 Å². The molecular weight excluding hydrogens is 563 g/mol. The van der Waals surface area contributed by atoms with Gasteiger partial charge in [0, 0.05) is 10.0 Å². The lowest BCUT2D eigenvalue weighted by Crippen LogP contribution is -2.16. The van der Waals surface area contributed by atoms with Crippen molar-refractivity contribution in [2.24, 2.45) is 0 Å². The van der Waals surface area contributed by atoms with E-state index in [-0.39, 0.29) is 23.3 Å². The molecule has 0 bridgehead atoms. The van der Waals surface area contributed by atoms with Gasteiger partial charge in [-0.1, -0.05) is 58.9 Å². The number of nitrogens with zero attached hydrogens (tertiary/aromatic N) is 4. The summed E-state index contributed by atoms with van der Waals surface area (Å²) in [5, 5.41) is 25.7. The van der Waals surface area contributed by atoms with Crippen molar-refractivity contribution in [1.29, 1.82) is 10.5 Å². The molecule has 1 aromatic heterocycles. The number of amides is 2. The number of benzene rings is 3. The van der Waals surface area contributed by atoms with E-state index in [4.69, 9.17) is 23.2 Å². The Hall–Kier alpha value is -3.80. The summed E-state index contributed by atoms with van der Waals surface area (Å²) in [6.45, 7) is 0. The highest BCUT2D eigenvalue weighted by Crippen LogP contribution is 2.31. The van der Waals surface area contributed by atoms with Gasteiger partial charge < -0.3 is 10.6 Å². The number of hydrogen-bond acceptors (Lipinski definition) is 8. The average molecular weight is 579 g/mol. The van der Waals surface area contributed by atoms with Crippen LogP contribution in [0.5, 0.6) is 0 Å². The van der Waals surface area contributed by atoms with Crippen molar-refractivity contribution >= 4 is 80.9 Å². The molecule has 0 radical (unpaired) electrons. The monoisotopic (exact) mass is 578 g/mol. The summed E-state index contributed by atoms with van der Waals surface area (Å²) in [5.74, 6) is -0.749. The third kappa shape index (κ3) is 6.94. The molecule has 0 fully saturated rings. The average Bonchev–Trinajstić information content (AvgIpc) is 2.90. The first-order valence-electron chi connectivity index (χ1n) is 10.9. The fourth-order valence-electron chi connectivity index (χ4n) is 3.23. The van der Waals surface area contributed by atoms with E-state index in [1.807, 2.05) is 24.3 Å². The smallest absolute Gasteiger partial charge is 0.234 e. The lowest BCUT2D eigenvalue weighted by atomic mass is 10.2. The molecule has 2 N–H and O–H groups in total. The number of carbonyl (C=O) groups is 2. The number of rotatable bonds is 8. The molecule has 0 unspecified atom stereocenters. The van der Waals surface area contributed by atoms with Crippen molar-refractivity contribution in [2.45, 2.75) is 10.1 Å². The van der Waals surface area contributed by atoms with Crippen LogP contribution in [0.25, 0.3) is 11.0 Å². The molecule has 12 heteroatoms. The Kier molecular flexibility index (Phi) is 9.06. The van der Waals surface area contributed by atoms with E-state index in [2.05, 4.69) is 20.6 Å². The van der Waals surface area contributed by atoms with E-state index in [0.29, 0.717) is 53.6 Å². The lowest BCUT2D eigenvalue weighted by Gasteiger charge is -2.11. The Morgan fingerprint density at radius 1 is 0.737 bits per heavy atom. The van der Waals surface area contributed by atoms with E-state index in [1.54, 1.807) is 24.3 Å². The largest absolute Gasteiger partial charge is 0.324 e. The summed E-state index contributed by atoms with van der Waals surface area (Å²) in [6.07, 6.45) is 0. The normalized spacial score (nSPS) is 10.4. The highest BCUT2D eigenvalue weighted by atomic mass is 35.5. The van der Waals surface area contributed by atoms with Crippen LogP contribution in [0.3, 0.4) is 0 Å². The third-order valence-corrected chi connectivity index (χ3v) is 7.47. The maximum Gasteiger partial charge on any atom is 0.234 e. The minimum atomic E-state index is -0.359. The molecule has 38 heavy (non-hydrogen) atoms. The van der Waals surface area contributed by atoms with Crippen molar-refractivity contribution < 1.29 is 9.59 Å². The highest BCUT2D eigenvalue weighted by Gasteiger charge is 2.16. The standard InChI is InChI=1S/C26H16Cl2N6O2S2/c27-17-7-5-15(11-29)21(9-17)31-23(35)13-37-25-26(34-20-4-2-1-3-19(20)33-25)38-14-24(36)32-22-10-18(28)8-6-16(22)12-30/h1-10H,13-14H2,(H,31,35)(H,32,36). The summed E-state index contributed by atoms with van der Waals surface area (Å²) in [5.41, 5.74) is 2.50. The molecule has 0 aliphatic rings.